The van der Waals surface area contributed by atoms with Crippen molar-refractivity contribution in [1.82, 2.24) is 15.6 Å². The van der Waals surface area contributed by atoms with Gasteiger partial charge in [0.25, 0.3) is 0 Å². The first kappa shape index (κ1) is 15.6. The van der Waals surface area contributed by atoms with Crippen LogP contribution in [0.4, 0.5) is 10.6 Å². The molecule has 2 N–H and O–H groups in total. The SMILES string of the molecule is CC(C)CCNC(=O)NCc1ccnc(N2CCCC2)c1. The number of aromatic nitrogens is 1. The second kappa shape index (κ2) is 7.86. The van der Waals surface area contributed by atoms with Crippen molar-refractivity contribution in [2.75, 3.05) is 24.5 Å². The molecule has 1 aliphatic heterocycles. The monoisotopic (exact) mass is 290 g/mol. The molecule has 0 atom stereocenters. The first-order chi connectivity index (χ1) is 10.1. The largest absolute Gasteiger partial charge is 0.357 e. The van der Waals surface area contributed by atoms with Crippen LogP contribution in [0, 0.1) is 5.92 Å². The summed E-state index contributed by atoms with van der Waals surface area (Å²) in [4.78, 5) is 18.4. The Morgan fingerprint density at radius 2 is 2.10 bits per heavy atom. The molecule has 1 aliphatic rings. The summed E-state index contributed by atoms with van der Waals surface area (Å²) in [6.07, 6.45) is 5.30. The number of carbonyl (C=O) groups excluding carboxylic acids is 1. The van der Waals surface area contributed by atoms with Crippen LogP contribution < -0.4 is 15.5 Å². The number of hydrogen-bond donors (Lipinski definition) is 2. The predicted octanol–water partition coefficient (Wildman–Crippen LogP) is 2.53. The van der Waals surface area contributed by atoms with Crippen LogP contribution in [0.15, 0.2) is 18.3 Å². The lowest BCUT2D eigenvalue weighted by Crippen LogP contribution is -2.36. The fourth-order valence-electron chi connectivity index (χ4n) is 2.41. The van der Waals surface area contributed by atoms with Crippen molar-refractivity contribution in [2.45, 2.75) is 39.7 Å². The number of hydrogen-bond acceptors (Lipinski definition) is 3. The van der Waals surface area contributed by atoms with E-state index in [1.165, 1.54) is 12.8 Å². The van der Waals surface area contributed by atoms with E-state index in [4.69, 9.17) is 0 Å². The van der Waals surface area contributed by atoms with E-state index in [9.17, 15) is 4.79 Å². The van der Waals surface area contributed by atoms with Gasteiger partial charge in [0, 0.05) is 32.4 Å². The van der Waals surface area contributed by atoms with Crippen molar-refractivity contribution in [2.24, 2.45) is 5.92 Å². The van der Waals surface area contributed by atoms with Crippen LogP contribution in [-0.4, -0.2) is 30.6 Å². The molecule has 1 saturated heterocycles. The number of rotatable bonds is 6. The summed E-state index contributed by atoms with van der Waals surface area (Å²) in [7, 11) is 0. The Morgan fingerprint density at radius 1 is 1.33 bits per heavy atom. The van der Waals surface area contributed by atoms with Gasteiger partial charge in [0.1, 0.15) is 5.82 Å². The molecule has 2 heterocycles. The van der Waals surface area contributed by atoms with Gasteiger partial charge in [-0.3, -0.25) is 0 Å². The van der Waals surface area contributed by atoms with Crippen LogP contribution in [0.5, 0.6) is 0 Å². The number of nitrogens with zero attached hydrogens (tertiary/aromatic N) is 2. The zero-order chi connectivity index (χ0) is 15.1. The summed E-state index contributed by atoms with van der Waals surface area (Å²) in [5.41, 5.74) is 1.09. The van der Waals surface area contributed by atoms with E-state index in [1.807, 2.05) is 12.3 Å². The molecular formula is C16H26N4O. The molecule has 0 aliphatic carbocycles. The molecular weight excluding hydrogens is 264 g/mol. The number of urea groups is 1. The third-order valence-electron chi connectivity index (χ3n) is 3.70. The highest BCUT2D eigenvalue weighted by Crippen LogP contribution is 2.18. The van der Waals surface area contributed by atoms with Gasteiger partial charge >= 0.3 is 6.03 Å². The Hall–Kier alpha value is -1.78. The molecule has 5 nitrogen and oxygen atoms in total. The van der Waals surface area contributed by atoms with E-state index in [0.29, 0.717) is 12.5 Å². The Balaban J connectivity index is 1.77. The third-order valence-corrected chi connectivity index (χ3v) is 3.70. The maximum Gasteiger partial charge on any atom is 0.315 e. The van der Waals surface area contributed by atoms with E-state index in [-0.39, 0.29) is 6.03 Å². The molecule has 116 valence electrons. The van der Waals surface area contributed by atoms with Gasteiger partial charge < -0.3 is 15.5 Å². The van der Waals surface area contributed by atoms with Crippen LogP contribution in [0.3, 0.4) is 0 Å². The smallest absolute Gasteiger partial charge is 0.315 e. The van der Waals surface area contributed by atoms with Gasteiger partial charge in [-0.05, 0) is 42.9 Å². The molecule has 0 spiro atoms. The highest BCUT2D eigenvalue weighted by Gasteiger charge is 2.13. The van der Waals surface area contributed by atoms with Gasteiger partial charge in [-0.1, -0.05) is 13.8 Å². The topological polar surface area (TPSA) is 57.3 Å². The third kappa shape index (κ3) is 5.25. The summed E-state index contributed by atoms with van der Waals surface area (Å²) < 4.78 is 0. The standard InChI is InChI=1S/C16H26N4O/c1-13(2)5-7-18-16(21)19-12-14-6-8-17-15(11-14)20-9-3-4-10-20/h6,8,11,13H,3-5,7,9-10,12H2,1-2H3,(H2,18,19,21). The van der Waals surface area contributed by atoms with E-state index in [1.54, 1.807) is 0 Å². The second-order valence-electron chi connectivity index (χ2n) is 6.01. The maximum absolute atomic E-state index is 11.7. The summed E-state index contributed by atoms with van der Waals surface area (Å²) in [6, 6.07) is 3.92. The summed E-state index contributed by atoms with van der Waals surface area (Å²) >= 11 is 0. The number of nitrogens with one attached hydrogen (secondary N) is 2. The first-order valence-corrected chi connectivity index (χ1v) is 7.86. The highest BCUT2D eigenvalue weighted by molar-refractivity contribution is 5.73. The first-order valence-electron chi connectivity index (χ1n) is 7.86. The lowest BCUT2D eigenvalue weighted by atomic mass is 10.1. The number of pyridine rings is 1. The molecule has 5 heteroatoms. The molecule has 21 heavy (non-hydrogen) atoms. The minimum atomic E-state index is -0.102. The van der Waals surface area contributed by atoms with Crippen molar-refractivity contribution in [3.8, 4) is 0 Å². The maximum atomic E-state index is 11.7. The molecule has 0 unspecified atom stereocenters. The van der Waals surface area contributed by atoms with Crippen molar-refractivity contribution in [3.63, 3.8) is 0 Å². The number of carbonyl (C=O) groups is 1. The molecule has 0 radical (unpaired) electrons. The molecule has 2 rings (SSSR count). The Bertz CT molecular complexity index is 455. The molecule has 1 aromatic heterocycles. The predicted molar refractivity (Wildman–Crippen MR) is 85.4 cm³/mol. The van der Waals surface area contributed by atoms with E-state index in [0.717, 1.165) is 37.4 Å². The minimum Gasteiger partial charge on any atom is -0.357 e. The molecule has 2 amide bonds. The van der Waals surface area contributed by atoms with Crippen molar-refractivity contribution in [1.29, 1.82) is 0 Å². The quantitative estimate of drug-likeness (QED) is 0.846. The highest BCUT2D eigenvalue weighted by atomic mass is 16.2. The summed E-state index contributed by atoms with van der Waals surface area (Å²) in [5, 5.41) is 5.77. The summed E-state index contributed by atoms with van der Waals surface area (Å²) in [5.74, 6) is 1.63. The van der Waals surface area contributed by atoms with Gasteiger partial charge in [0.15, 0.2) is 0 Å². The Labute approximate surface area is 127 Å². The molecule has 0 saturated carbocycles. The average Bonchev–Trinajstić information content (AvgIpc) is 2.99. The van der Waals surface area contributed by atoms with E-state index >= 15 is 0 Å². The fraction of sp³-hybridized carbons (Fsp3) is 0.625. The fourth-order valence-corrected chi connectivity index (χ4v) is 2.41. The molecule has 1 aromatic rings. The average molecular weight is 290 g/mol. The minimum absolute atomic E-state index is 0.102. The van der Waals surface area contributed by atoms with Crippen molar-refractivity contribution >= 4 is 11.8 Å². The number of anilines is 1. The van der Waals surface area contributed by atoms with Crippen LogP contribution in [0.2, 0.25) is 0 Å². The zero-order valence-corrected chi connectivity index (χ0v) is 13.1. The lowest BCUT2D eigenvalue weighted by Gasteiger charge is -2.17. The Kier molecular flexibility index (Phi) is 5.84. The van der Waals surface area contributed by atoms with Gasteiger partial charge in [-0.15, -0.1) is 0 Å². The van der Waals surface area contributed by atoms with Gasteiger partial charge in [0.05, 0.1) is 0 Å². The van der Waals surface area contributed by atoms with E-state index < -0.39 is 0 Å². The lowest BCUT2D eigenvalue weighted by molar-refractivity contribution is 0.240. The van der Waals surface area contributed by atoms with Crippen molar-refractivity contribution in [3.05, 3.63) is 23.9 Å². The normalized spacial score (nSPS) is 14.5. The molecule has 0 bridgehead atoms. The Morgan fingerprint density at radius 3 is 2.81 bits per heavy atom. The van der Waals surface area contributed by atoms with E-state index in [2.05, 4.69) is 40.4 Å². The summed E-state index contributed by atoms with van der Waals surface area (Å²) in [6.45, 7) is 7.72. The van der Waals surface area contributed by atoms with Crippen molar-refractivity contribution < 1.29 is 4.79 Å². The van der Waals surface area contributed by atoms with Crippen LogP contribution in [0.25, 0.3) is 0 Å². The van der Waals surface area contributed by atoms with Crippen LogP contribution in [-0.2, 0) is 6.54 Å². The molecule has 1 fully saturated rings. The van der Waals surface area contributed by atoms with Crippen LogP contribution in [0.1, 0.15) is 38.7 Å². The van der Waals surface area contributed by atoms with Crippen LogP contribution >= 0.6 is 0 Å². The zero-order valence-electron chi connectivity index (χ0n) is 13.1. The van der Waals surface area contributed by atoms with Gasteiger partial charge in [-0.25, -0.2) is 9.78 Å². The second-order valence-corrected chi connectivity index (χ2v) is 6.01. The molecule has 0 aromatic carbocycles. The van der Waals surface area contributed by atoms with Gasteiger partial charge in [0.2, 0.25) is 0 Å². The van der Waals surface area contributed by atoms with Gasteiger partial charge in [-0.2, -0.15) is 0 Å². The number of amides is 2.